The molecule has 0 spiro atoms. The van der Waals surface area contributed by atoms with E-state index >= 15 is 0 Å². The summed E-state index contributed by atoms with van der Waals surface area (Å²) < 4.78 is 45.2. The first-order valence-corrected chi connectivity index (χ1v) is 13.1. The molecule has 220 valence electrons. The summed E-state index contributed by atoms with van der Waals surface area (Å²) in [5.74, 6) is 0.742. The quantitative estimate of drug-likeness (QED) is 0.313. The third-order valence-corrected chi connectivity index (χ3v) is 7.30. The molecule has 0 radical (unpaired) electrons. The second kappa shape index (κ2) is 11.0. The van der Waals surface area contributed by atoms with E-state index in [0.717, 1.165) is 0 Å². The maximum Gasteiger partial charge on any atom is 0.339 e. The Morgan fingerprint density at radius 2 is 1.71 bits per heavy atom. The maximum atomic E-state index is 13.3. The molecule has 12 nitrogen and oxygen atoms in total. The summed E-state index contributed by atoms with van der Waals surface area (Å²) in [4.78, 5) is 25.6. The molecule has 0 aliphatic carbocycles. The molecular formula is C30H28O12. The number of carbonyl (C=O) groups excluding carboxylic acids is 2. The van der Waals surface area contributed by atoms with Crippen LogP contribution >= 0.6 is 0 Å². The van der Waals surface area contributed by atoms with Crippen LogP contribution in [-0.4, -0.2) is 74.4 Å². The Morgan fingerprint density at radius 1 is 0.976 bits per heavy atom. The number of hydrogen-bond donors (Lipinski definition) is 2. The van der Waals surface area contributed by atoms with Gasteiger partial charge < -0.3 is 48.1 Å². The van der Waals surface area contributed by atoms with Crippen molar-refractivity contribution in [2.24, 2.45) is 0 Å². The summed E-state index contributed by atoms with van der Waals surface area (Å²) in [5, 5.41) is 22.0. The third kappa shape index (κ3) is 4.63. The highest BCUT2D eigenvalue weighted by molar-refractivity contribution is 6.14. The maximum absolute atomic E-state index is 13.3. The van der Waals surface area contributed by atoms with Gasteiger partial charge in [0.1, 0.15) is 24.6 Å². The lowest BCUT2D eigenvalue weighted by molar-refractivity contribution is -0.249. The molecule has 3 aliphatic heterocycles. The highest BCUT2D eigenvalue weighted by atomic mass is 16.7. The van der Waals surface area contributed by atoms with Crippen molar-refractivity contribution in [3.05, 3.63) is 53.6 Å². The lowest BCUT2D eigenvalue weighted by Gasteiger charge is -2.37. The van der Waals surface area contributed by atoms with Gasteiger partial charge in [-0.15, -0.1) is 0 Å². The monoisotopic (exact) mass is 580 g/mol. The minimum atomic E-state index is -1.50. The van der Waals surface area contributed by atoms with E-state index in [1.165, 1.54) is 26.4 Å². The van der Waals surface area contributed by atoms with Crippen LogP contribution in [0.4, 0.5) is 0 Å². The Bertz CT molecular complexity index is 1600. The molecular weight excluding hydrogens is 552 g/mol. The number of benzene rings is 3. The van der Waals surface area contributed by atoms with Gasteiger partial charge in [0.05, 0.1) is 26.4 Å². The zero-order chi connectivity index (χ0) is 29.5. The topological polar surface area (TPSA) is 148 Å². The van der Waals surface area contributed by atoms with Gasteiger partial charge >= 0.3 is 11.9 Å². The zero-order valence-electron chi connectivity index (χ0n) is 22.9. The lowest BCUT2D eigenvalue weighted by atomic mass is 9.89. The number of allylic oxidation sites excluding steroid dienone is 1. The minimum absolute atomic E-state index is 0.0825. The van der Waals surface area contributed by atoms with Gasteiger partial charge in [0.25, 0.3) is 0 Å². The number of aliphatic hydroxyl groups is 2. The molecule has 0 unspecified atom stereocenters. The van der Waals surface area contributed by atoms with Crippen LogP contribution in [-0.2, 0) is 25.6 Å². The average molecular weight is 581 g/mol. The van der Waals surface area contributed by atoms with Crippen molar-refractivity contribution in [3.63, 3.8) is 0 Å². The second-order valence-corrected chi connectivity index (χ2v) is 9.73. The van der Waals surface area contributed by atoms with Crippen LogP contribution in [0.15, 0.2) is 42.5 Å². The minimum Gasteiger partial charge on any atom is -0.493 e. The van der Waals surface area contributed by atoms with Gasteiger partial charge in [-0.25, -0.2) is 9.59 Å². The van der Waals surface area contributed by atoms with Gasteiger partial charge in [0.2, 0.25) is 13.1 Å². The van der Waals surface area contributed by atoms with Crippen LogP contribution in [0, 0.1) is 0 Å². The molecule has 12 heteroatoms. The highest BCUT2D eigenvalue weighted by Crippen LogP contribution is 2.49. The number of esters is 2. The van der Waals surface area contributed by atoms with E-state index in [1.54, 1.807) is 31.2 Å². The van der Waals surface area contributed by atoms with Crippen LogP contribution in [0.3, 0.4) is 0 Å². The molecule has 0 saturated carbocycles. The van der Waals surface area contributed by atoms with Crippen molar-refractivity contribution in [3.8, 4) is 39.9 Å². The van der Waals surface area contributed by atoms with Gasteiger partial charge in [-0.3, -0.25) is 0 Å². The van der Waals surface area contributed by atoms with E-state index < -0.39 is 36.5 Å². The van der Waals surface area contributed by atoms with Crippen molar-refractivity contribution in [2.75, 3.05) is 27.6 Å². The van der Waals surface area contributed by atoms with Gasteiger partial charge in [-0.05, 0) is 42.1 Å². The van der Waals surface area contributed by atoms with Gasteiger partial charge in [0.15, 0.2) is 29.1 Å². The van der Waals surface area contributed by atoms with Crippen molar-refractivity contribution >= 4 is 22.7 Å². The Labute approximate surface area is 239 Å². The van der Waals surface area contributed by atoms with E-state index in [9.17, 15) is 19.8 Å². The third-order valence-electron chi connectivity index (χ3n) is 7.30. The van der Waals surface area contributed by atoms with Crippen molar-refractivity contribution in [1.29, 1.82) is 0 Å². The fraction of sp³-hybridized carbons (Fsp3) is 0.333. The lowest BCUT2D eigenvalue weighted by Crippen LogP contribution is -2.56. The molecule has 3 aliphatic rings. The number of aliphatic hydroxyl groups excluding tert-OH is 2. The fourth-order valence-electron chi connectivity index (χ4n) is 5.31. The molecule has 2 N–H and O–H groups in total. The van der Waals surface area contributed by atoms with Gasteiger partial charge in [-0.2, -0.15) is 0 Å². The first-order chi connectivity index (χ1) is 20.3. The summed E-state index contributed by atoms with van der Waals surface area (Å²) >= 11 is 0. The summed E-state index contributed by atoms with van der Waals surface area (Å²) in [6, 6.07) is 8.76. The normalized spacial score (nSPS) is 22.6. The number of ether oxygens (including phenoxy) is 8. The van der Waals surface area contributed by atoms with Gasteiger partial charge in [0, 0.05) is 22.6 Å². The largest absolute Gasteiger partial charge is 0.493 e. The number of cyclic esters (lactones) is 1. The standard InChI is InChI=1S/C30H28O12/c1-4-5-23(32)41-28-26(33)18(31)12-38-30(28)42-27-16-10-21(36-3)20(35-2)9-15(16)24(25-17(27)11-37-29(25)34)14-6-7-19-22(8-14)40-13-39-19/h4-10,18,26,28,30-31,33H,11-13H2,1-3H3/b5-4+/t18-,26+,28-,30+/m1/s1. The van der Waals surface area contributed by atoms with Crippen LogP contribution in [0.2, 0.25) is 0 Å². The first kappa shape index (κ1) is 27.6. The van der Waals surface area contributed by atoms with Crippen LogP contribution in [0.5, 0.6) is 28.7 Å². The van der Waals surface area contributed by atoms with Crippen LogP contribution in [0.25, 0.3) is 21.9 Å². The molecule has 42 heavy (non-hydrogen) atoms. The molecule has 0 bridgehead atoms. The summed E-state index contributed by atoms with van der Waals surface area (Å²) in [6.07, 6.45) is -2.92. The van der Waals surface area contributed by atoms with E-state index in [0.29, 0.717) is 50.5 Å². The van der Waals surface area contributed by atoms with Crippen LogP contribution in [0.1, 0.15) is 22.8 Å². The molecule has 4 atom stereocenters. The molecule has 0 amide bonds. The average Bonchev–Trinajstić information content (AvgIpc) is 3.62. The number of hydrogen-bond acceptors (Lipinski definition) is 12. The molecule has 1 saturated heterocycles. The zero-order valence-corrected chi connectivity index (χ0v) is 22.9. The van der Waals surface area contributed by atoms with Crippen molar-refractivity contribution in [2.45, 2.75) is 38.1 Å². The first-order valence-electron chi connectivity index (χ1n) is 13.1. The molecule has 3 aromatic carbocycles. The second-order valence-electron chi connectivity index (χ2n) is 9.73. The number of methoxy groups -OCH3 is 2. The van der Waals surface area contributed by atoms with E-state index in [2.05, 4.69) is 0 Å². The Kier molecular flexibility index (Phi) is 7.27. The van der Waals surface area contributed by atoms with E-state index in [1.807, 2.05) is 6.07 Å². The summed E-state index contributed by atoms with van der Waals surface area (Å²) in [7, 11) is 2.98. The fourth-order valence-corrected chi connectivity index (χ4v) is 5.31. The Morgan fingerprint density at radius 3 is 2.45 bits per heavy atom. The smallest absolute Gasteiger partial charge is 0.339 e. The predicted octanol–water partition coefficient (Wildman–Crippen LogP) is 2.87. The molecule has 3 heterocycles. The number of carbonyl (C=O) groups is 2. The molecule has 3 aromatic rings. The molecule has 0 aromatic heterocycles. The van der Waals surface area contributed by atoms with Crippen molar-refractivity contribution in [1.82, 2.24) is 0 Å². The molecule has 6 rings (SSSR count). The SMILES string of the molecule is C/C=C/C(=O)O[C@H]1[C@H](Oc2c3c(c(-c4ccc5c(c4)OCO5)c4cc(OC)c(OC)cc24)C(=O)OC3)OC[C@@H](O)[C@@H]1O. The highest BCUT2D eigenvalue weighted by Gasteiger charge is 2.44. The number of fused-ring (bicyclic) bond motifs is 3. The van der Waals surface area contributed by atoms with E-state index in [4.69, 9.17) is 37.9 Å². The predicted molar refractivity (Wildman–Crippen MR) is 145 cm³/mol. The summed E-state index contributed by atoms with van der Waals surface area (Å²) in [5.41, 5.74) is 1.87. The Hall–Kier alpha value is -4.52. The Balaban J connectivity index is 1.56. The van der Waals surface area contributed by atoms with Crippen LogP contribution < -0.4 is 23.7 Å². The molecule has 1 fully saturated rings. The van der Waals surface area contributed by atoms with Gasteiger partial charge in [-0.1, -0.05) is 12.1 Å². The van der Waals surface area contributed by atoms with Crippen molar-refractivity contribution < 1.29 is 57.7 Å². The summed E-state index contributed by atoms with van der Waals surface area (Å²) in [6.45, 7) is 1.31. The number of rotatable bonds is 7. The van der Waals surface area contributed by atoms with E-state index in [-0.39, 0.29) is 31.3 Å².